The molecule has 2 rings (SSSR count). The zero-order valence-corrected chi connectivity index (χ0v) is 9.89. The first-order valence-electron chi connectivity index (χ1n) is 4.86. The SMILES string of the molecule is O=C(c1c(F)ccc(Br)c1F)C1CCOC1. The summed E-state index contributed by atoms with van der Waals surface area (Å²) >= 11 is 2.93. The van der Waals surface area contributed by atoms with Gasteiger partial charge in [-0.25, -0.2) is 8.78 Å². The molecule has 86 valence electrons. The van der Waals surface area contributed by atoms with Gasteiger partial charge in [-0.3, -0.25) is 4.79 Å². The Morgan fingerprint density at radius 3 is 2.81 bits per heavy atom. The van der Waals surface area contributed by atoms with Gasteiger partial charge in [0.25, 0.3) is 0 Å². The van der Waals surface area contributed by atoms with Crippen molar-refractivity contribution >= 4 is 21.7 Å². The maximum atomic E-state index is 13.6. The Hall–Kier alpha value is -0.810. The molecule has 5 heteroatoms. The average molecular weight is 291 g/mol. The second kappa shape index (κ2) is 4.59. The lowest BCUT2D eigenvalue weighted by Gasteiger charge is -2.09. The zero-order valence-electron chi connectivity index (χ0n) is 8.30. The number of rotatable bonds is 2. The Balaban J connectivity index is 2.39. The zero-order chi connectivity index (χ0) is 11.7. The van der Waals surface area contributed by atoms with Crippen LogP contribution in [0.3, 0.4) is 0 Å². The van der Waals surface area contributed by atoms with Crippen LogP contribution in [0.25, 0.3) is 0 Å². The highest BCUT2D eigenvalue weighted by Crippen LogP contribution is 2.26. The predicted molar refractivity (Wildman–Crippen MR) is 57.3 cm³/mol. The van der Waals surface area contributed by atoms with Gasteiger partial charge in [0.2, 0.25) is 0 Å². The van der Waals surface area contributed by atoms with Crippen LogP contribution in [0.1, 0.15) is 16.8 Å². The largest absolute Gasteiger partial charge is 0.381 e. The van der Waals surface area contributed by atoms with E-state index in [9.17, 15) is 13.6 Å². The fraction of sp³-hybridized carbons (Fsp3) is 0.364. The molecule has 0 bridgehead atoms. The summed E-state index contributed by atoms with van der Waals surface area (Å²) in [6, 6.07) is 2.32. The molecule has 0 radical (unpaired) electrons. The average Bonchev–Trinajstić information content (AvgIpc) is 2.77. The van der Waals surface area contributed by atoms with E-state index < -0.39 is 28.9 Å². The van der Waals surface area contributed by atoms with Crippen LogP contribution in [-0.2, 0) is 4.74 Å². The lowest BCUT2D eigenvalue weighted by Crippen LogP contribution is -2.18. The number of carbonyl (C=O) groups is 1. The third-order valence-electron chi connectivity index (χ3n) is 2.59. The summed E-state index contributed by atoms with van der Waals surface area (Å²) in [5.41, 5.74) is -0.468. The molecular formula is C11H9BrF2O2. The number of ether oxygens (including phenoxy) is 1. The van der Waals surface area contributed by atoms with Gasteiger partial charge >= 0.3 is 0 Å². The van der Waals surface area contributed by atoms with Crippen LogP contribution in [0.5, 0.6) is 0 Å². The normalized spacial score (nSPS) is 20.1. The van der Waals surface area contributed by atoms with Gasteiger partial charge in [0, 0.05) is 12.5 Å². The number of carbonyl (C=O) groups excluding carboxylic acids is 1. The van der Waals surface area contributed by atoms with E-state index in [4.69, 9.17) is 4.74 Å². The molecule has 1 unspecified atom stereocenters. The molecule has 2 nitrogen and oxygen atoms in total. The Morgan fingerprint density at radius 2 is 2.19 bits per heavy atom. The van der Waals surface area contributed by atoms with Gasteiger partial charge in [-0.2, -0.15) is 0 Å². The monoisotopic (exact) mass is 290 g/mol. The molecule has 0 N–H and O–H groups in total. The summed E-state index contributed by atoms with van der Waals surface area (Å²) in [5.74, 6) is -2.61. The lowest BCUT2D eigenvalue weighted by atomic mass is 9.96. The summed E-state index contributed by atoms with van der Waals surface area (Å²) < 4.78 is 32.2. The lowest BCUT2D eigenvalue weighted by molar-refractivity contribution is 0.0891. The van der Waals surface area contributed by atoms with Crippen LogP contribution in [0.15, 0.2) is 16.6 Å². The van der Waals surface area contributed by atoms with Crippen molar-refractivity contribution in [1.29, 1.82) is 0 Å². The van der Waals surface area contributed by atoms with Gasteiger partial charge in [0.05, 0.1) is 16.6 Å². The van der Waals surface area contributed by atoms with Crippen LogP contribution in [0, 0.1) is 17.6 Å². The second-order valence-corrected chi connectivity index (χ2v) is 4.50. The van der Waals surface area contributed by atoms with Crippen molar-refractivity contribution in [2.45, 2.75) is 6.42 Å². The molecule has 1 aliphatic rings. The Kier molecular flexibility index (Phi) is 3.35. The third kappa shape index (κ3) is 2.01. The van der Waals surface area contributed by atoms with Gasteiger partial charge in [-0.05, 0) is 34.5 Å². The van der Waals surface area contributed by atoms with Gasteiger partial charge in [-0.1, -0.05) is 0 Å². The number of benzene rings is 1. The molecular weight excluding hydrogens is 282 g/mol. The van der Waals surface area contributed by atoms with Crippen molar-refractivity contribution in [3.8, 4) is 0 Å². The van der Waals surface area contributed by atoms with Crippen LogP contribution in [0.2, 0.25) is 0 Å². The minimum Gasteiger partial charge on any atom is -0.381 e. The molecule has 1 aromatic rings. The number of ketones is 1. The number of Topliss-reactive ketones (excluding diaryl/α,β-unsaturated/α-hetero) is 1. The van der Waals surface area contributed by atoms with E-state index in [1.807, 2.05) is 0 Å². The Morgan fingerprint density at radius 1 is 1.44 bits per heavy atom. The topological polar surface area (TPSA) is 26.3 Å². The van der Waals surface area contributed by atoms with Crippen molar-refractivity contribution in [3.05, 3.63) is 33.8 Å². The van der Waals surface area contributed by atoms with Crippen molar-refractivity contribution in [2.24, 2.45) is 5.92 Å². The number of hydrogen-bond donors (Lipinski definition) is 0. The molecule has 1 saturated heterocycles. The van der Waals surface area contributed by atoms with E-state index in [1.54, 1.807) is 0 Å². The van der Waals surface area contributed by atoms with E-state index >= 15 is 0 Å². The van der Waals surface area contributed by atoms with E-state index in [0.717, 1.165) is 6.07 Å². The molecule has 0 spiro atoms. The first kappa shape index (κ1) is 11.7. The third-order valence-corrected chi connectivity index (χ3v) is 3.20. The molecule has 0 aliphatic carbocycles. The van der Waals surface area contributed by atoms with E-state index in [1.165, 1.54) is 6.07 Å². The maximum Gasteiger partial charge on any atom is 0.174 e. The molecule has 1 fully saturated rings. The molecule has 1 aliphatic heterocycles. The highest BCUT2D eigenvalue weighted by Gasteiger charge is 2.29. The van der Waals surface area contributed by atoms with Gasteiger partial charge in [0.15, 0.2) is 11.6 Å². The van der Waals surface area contributed by atoms with Gasteiger partial charge in [0.1, 0.15) is 5.82 Å². The van der Waals surface area contributed by atoms with Crippen LogP contribution in [-0.4, -0.2) is 19.0 Å². The summed E-state index contributed by atoms with van der Waals surface area (Å²) in [6.07, 6.45) is 0.518. The van der Waals surface area contributed by atoms with E-state index in [-0.39, 0.29) is 11.1 Å². The molecule has 16 heavy (non-hydrogen) atoms. The summed E-state index contributed by atoms with van der Waals surface area (Å²) in [5, 5.41) is 0. The fourth-order valence-electron chi connectivity index (χ4n) is 1.70. The Labute approximate surface area is 99.7 Å². The van der Waals surface area contributed by atoms with Crippen molar-refractivity contribution < 1.29 is 18.3 Å². The molecule has 1 aromatic carbocycles. The minimum absolute atomic E-state index is 0.0937. The van der Waals surface area contributed by atoms with Crippen molar-refractivity contribution in [1.82, 2.24) is 0 Å². The van der Waals surface area contributed by atoms with E-state index in [0.29, 0.717) is 13.0 Å². The predicted octanol–water partition coefficient (Wildman–Crippen LogP) is 2.95. The van der Waals surface area contributed by atoms with Crippen molar-refractivity contribution in [3.63, 3.8) is 0 Å². The van der Waals surface area contributed by atoms with E-state index in [2.05, 4.69) is 15.9 Å². The molecule has 1 atom stereocenters. The highest BCUT2D eigenvalue weighted by atomic mass is 79.9. The van der Waals surface area contributed by atoms with Gasteiger partial charge in [-0.15, -0.1) is 0 Å². The first-order valence-corrected chi connectivity index (χ1v) is 5.66. The standard InChI is InChI=1S/C11H9BrF2O2/c12-7-1-2-8(13)9(10(7)14)11(15)6-3-4-16-5-6/h1-2,6H,3-5H2. The van der Waals surface area contributed by atoms with Gasteiger partial charge < -0.3 is 4.74 Å². The molecule has 0 aromatic heterocycles. The highest BCUT2D eigenvalue weighted by molar-refractivity contribution is 9.10. The summed E-state index contributed by atoms with van der Waals surface area (Å²) in [6.45, 7) is 0.706. The fourth-order valence-corrected chi connectivity index (χ4v) is 2.03. The summed E-state index contributed by atoms with van der Waals surface area (Å²) in [4.78, 5) is 11.9. The molecule has 1 heterocycles. The second-order valence-electron chi connectivity index (χ2n) is 3.64. The summed E-state index contributed by atoms with van der Waals surface area (Å²) in [7, 11) is 0. The van der Waals surface area contributed by atoms with Crippen LogP contribution < -0.4 is 0 Å². The maximum absolute atomic E-state index is 13.6. The minimum atomic E-state index is -0.836. The number of hydrogen-bond acceptors (Lipinski definition) is 2. The molecule has 0 amide bonds. The number of halogens is 3. The first-order chi connectivity index (χ1) is 7.61. The van der Waals surface area contributed by atoms with Crippen LogP contribution in [0.4, 0.5) is 8.78 Å². The Bertz CT molecular complexity index is 428. The molecule has 0 saturated carbocycles. The smallest absolute Gasteiger partial charge is 0.174 e. The van der Waals surface area contributed by atoms with Crippen molar-refractivity contribution in [2.75, 3.05) is 13.2 Å². The quantitative estimate of drug-likeness (QED) is 0.618. The van der Waals surface area contributed by atoms with Crippen LogP contribution >= 0.6 is 15.9 Å².